The SMILES string of the molecule is CC[C@H](Br)C(=O)c1ccc(Cl)cc1Cl. The van der Waals surface area contributed by atoms with Crippen LogP contribution in [0.2, 0.25) is 10.0 Å². The largest absolute Gasteiger partial charge is 0.293 e. The number of alkyl halides is 1. The summed E-state index contributed by atoms with van der Waals surface area (Å²) in [5, 5.41) is 0.939. The lowest BCUT2D eigenvalue weighted by molar-refractivity contribution is 0.0990. The number of ketones is 1. The van der Waals surface area contributed by atoms with Crippen LogP contribution in [0.3, 0.4) is 0 Å². The highest BCUT2D eigenvalue weighted by molar-refractivity contribution is 9.10. The van der Waals surface area contributed by atoms with Crippen molar-refractivity contribution in [2.45, 2.75) is 18.2 Å². The third-order valence-corrected chi connectivity index (χ3v) is 3.45. The second-order valence-corrected chi connectivity index (χ2v) is 4.81. The molecule has 1 rings (SSSR count). The maximum atomic E-state index is 11.7. The van der Waals surface area contributed by atoms with Crippen LogP contribution in [0.25, 0.3) is 0 Å². The van der Waals surface area contributed by atoms with Gasteiger partial charge in [-0.2, -0.15) is 0 Å². The Morgan fingerprint density at radius 2 is 2.14 bits per heavy atom. The van der Waals surface area contributed by atoms with Crippen LogP contribution in [0.5, 0.6) is 0 Å². The summed E-state index contributed by atoms with van der Waals surface area (Å²) >= 11 is 14.9. The van der Waals surface area contributed by atoms with Crippen molar-refractivity contribution in [2.24, 2.45) is 0 Å². The predicted octanol–water partition coefficient (Wildman–Crippen LogP) is 4.35. The number of hydrogen-bond acceptors (Lipinski definition) is 1. The minimum atomic E-state index is -0.179. The molecule has 0 aliphatic carbocycles. The van der Waals surface area contributed by atoms with E-state index in [4.69, 9.17) is 23.2 Å². The highest BCUT2D eigenvalue weighted by Crippen LogP contribution is 2.24. The van der Waals surface area contributed by atoms with Crippen molar-refractivity contribution in [3.8, 4) is 0 Å². The van der Waals surface area contributed by atoms with Crippen LogP contribution in [-0.4, -0.2) is 10.6 Å². The molecule has 1 aromatic carbocycles. The first kappa shape index (κ1) is 12.0. The van der Waals surface area contributed by atoms with Gasteiger partial charge in [-0.1, -0.05) is 46.1 Å². The minimum Gasteiger partial charge on any atom is -0.293 e. The monoisotopic (exact) mass is 294 g/mol. The molecule has 1 nitrogen and oxygen atoms in total. The number of benzene rings is 1. The fourth-order valence-electron chi connectivity index (χ4n) is 1.04. The van der Waals surface area contributed by atoms with Crippen LogP contribution in [0.15, 0.2) is 18.2 Å². The molecule has 0 aliphatic heterocycles. The van der Waals surface area contributed by atoms with Gasteiger partial charge in [0.05, 0.1) is 9.85 Å². The number of carbonyl (C=O) groups is 1. The van der Waals surface area contributed by atoms with Crippen LogP contribution < -0.4 is 0 Å². The van der Waals surface area contributed by atoms with Gasteiger partial charge >= 0.3 is 0 Å². The summed E-state index contributed by atoms with van der Waals surface area (Å²) in [6.07, 6.45) is 0.734. The molecule has 0 aromatic heterocycles. The first-order valence-electron chi connectivity index (χ1n) is 4.19. The Morgan fingerprint density at radius 1 is 1.50 bits per heavy atom. The van der Waals surface area contributed by atoms with E-state index in [0.29, 0.717) is 15.6 Å². The van der Waals surface area contributed by atoms with E-state index in [2.05, 4.69) is 15.9 Å². The molecule has 0 amide bonds. The van der Waals surface area contributed by atoms with Gasteiger partial charge < -0.3 is 0 Å². The van der Waals surface area contributed by atoms with E-state index >= 15 is 0 Å². The Kier molecular flexibility index (Phi) is 4.42. The molecule has 0 saturated heterocycles. The predicted molar refractivity (Wildman–Crippen MR) is 63.8 cm³/mol. The maximum Gasteiger partial charge on any atom is 0.177 e. The molecule has 0 heterocycles. The van der Waals surface area contributed by atoms with Crippen LogP contribution in [-0.2, 0) is 0 Å². The molecule has 4 heteroatoms. The highest BCUT2D eigenvalue weighted by Gasteiger charge is 2.17. The third kappa shape index (κ3) is 2.72. The van der Waals surface area contributed by atoms with E-state index < -0.39 is 0 Å². The van der Waals surface area contributed by atoms with E-state index in [-0.39, 0.29) is 10.6 Å². The molecule has 1 aromatic rings. The van der Waals surface area contributed by atoms with Gasteiger partial charge in [-0.3, -0.25) is 4.79 Å². The smallest absolute Gasteiger partial charge is 0.177 e. The third-order valence-electron chi connectivity index (χ3n) is 1.84. The molecule has 0 spiro atoms. The van der Waals surface area contributed by atoms with Crippen molar-refractivity contribution in [2.75, 3.05) is 0 Å². The second kappa shape index (κ2) is 5.15. The lowest BCUT2D eigenvalue weighted by Crippen LogP contribution is -2.13. The number of carbonyl (C=O) groups excluding carboxylic acids is 1. The molecule has 0 unspecified atom stereocenters. The normalized spacial score (nSPS) is 12.6. The van der Waals surface area contributed by atoms with Crippen molar-refractivity contribution >= 4 is 44.9 Å². The average Bonchev–Trinajstić information content (AvgIpc) is 2.15. The Bertz CT molecular complexity index is 352. The number of hydrogen-bond donors (Lipinski definition) is 0. The molecule has 14 heavy (non-hydrogen) atoms. The van der Waals surface area contributed by atoms with Crippen molar-refractivity contribution in [3.63, 3.8) is 0 Å². The Labute approximate surface area is 102 Å². The summed E-state index contributed by atoms with van der Waals surface area (Å²) in [7, 11) is 0. The van der Waals surface area contributed by atoms with Crippen molar-refractivity contribution in [1.29, 1.82) is 0 Å². The Hall–Kier alpha value is -0.0500. The van der Waals surface area contributed by atoms with E-state index in [0.717, 1.165) is 6.42 Å². The minimum absolute atomic E-state index is 0.00540. The van der Waals surface area contributed by atoms with Crippen molar-refractivity contribution < 1.29 is 4.79 Å². The van der Waals surface area contributed by atoms with E-state index in [1.54, 1.807) is 18.2 Å². The molecule has 0 aliphatic rings. The molecular formula is C10H9BrCl2O. The molecular weight excluding hydrogens is 287 g/mol. The van der Waals surface area contributed by atoms with Crippen LogP contribution >= 0.6 is 39.1 Å². The lowest BCUT2D eigenvalue weighted by atomic mass is 10.1. The first-order chi connectivity index (χ1) is 6.56. The van der Waals surface area contributed by atoms with E-state index in [9.17, 15) is 4.79 Å². The lowest BCUT2D eigenvalue weighted by Gasteiger charge is -2.07. The van der Waals surface area contributed by atoms with Gasteiger partial charge in [-0.05, 0) is 24.6 Å². The van der Waals surface area contributed by atoms with Gasteiger partial charge in [-0.25, -0.2) is 0 Å². The fourth-order valence-corrected chi connectivity index (χ4v) is 1.79. The summed E-state index contributed by atoms with van der Waals surface area (Å²) < 4.78 is 0. The Balaban J connectivity index is 3.02. The number of Topliss-reactive ketones (excluding diaryl/α,β-unsaturated/α-hetero) is 1. The summed E-state index contributed by atoms with van der Waals surface area (Å²) in [6, 6.07) is 4.89. The number of halogens is 3. The van der Waals surface area contributed by atoms with Crippen LogP contribution in [0, 0.1) is 0 Å². The molecule has 0 N–H and O–H groups in total. The van der Waals surface area contributed by atoms with Crippen LogP contribution in [0.1, 0.15) is 23.7 Å². The van der Waals surface area contributed by atoms with Crippen LogP contribution in [0.4, 0.5) is 0 Å². The number of rotatable bonds is 3. The molecule has 0 fully saturated rings. The van der Waals surface area contributed by atoms with Gasteiger partial charge in [0.25, 0.3) is 0 Å². The molecule has 0 bridgehead atoms. The van der Waals surface area contributed by atoms with Crippen molar-refractivity contribution in [3.05, 3.63) is 33.8 Å². The topological polar surface area (TPSA) is 17.1 Å². The molecule has 0 saturated carbocycles. The fraction of sp³-hybridized carbons (Fsp3) is 0.300. The van der Waals surface area contributed by atoms with Gasteiger partial charge in [0.1, 0.15) is 0 Å². The summed E-state index contributed by atoms with van der Waals surface area (Å²) in [5.74, 6) is -0.00540. The zero-order valence-corrected chi connectivity index (χ0v) is 10.7. The molecule has 1 atom stereocenters. The molecule has 0 radical (unpaired) electrons. The van der Waals surface area contributed by atoms with Crippen molar-refractivity contribution in [1.82, 2.24) is 0 Å². The van der Waals surface area contributed by atoms with E-state index in [1.807, 2.05) is 6.92 Å². The summed E-state index contributed by atoms with van der Waals surface area (Å²) in [4.78, 5) is 11.6. The zero-order chi connectivity index (χ0) is 10.7. The quantitative estimate of drug-likeness (QED) is 0.598. The van der Waals surface area contributed by atoms with Gasteiger partial charge in [0.15, 0.2) is 5.78 Å². The average molecular weight is 296 g/mol. The second-order valence-electron chi connectivity index (χ2n) is 2.86. The Morgan fingerprint density at radius 3 is 2.64 bits per heavy atom. The summed E-state index contributed by atoms with van der Waals surface area (Å²) in [6.45, 7) is 1.93. The van der Waals surface area contributed by atoms with Gasteiger partial charge in [0.2, 0.25) is 0 Å². The highest BCUT2D eigenvalue weighted by atomic mass is 79.9. The molecule has 76 valence electrons. The summed E-state index contributed by atoms with van der Waals surface area (Å²) in [5.41, 5.74) is 0.514. The standard InChI is InChI=1S/C10H9BrCl2O/c1-2-8(11)10(14)7-4-3-6(12)5-9(7)13/h3-5,8H,2H2,1H3/t8-/m0/s1. The zero-order valence-electron chi connectivity index (χ0n) is 7.56. The maximum absolute atomic E-state index is 11.7. The van der Waals surface area contributed by atoms with Gasteiger partial charge in [-0.15, -0.1) is 0 Å². The first-order valence-corrected chi connectivity index (χ1v) is 5.86. The van der Waals surface area contributed by atoms with E-state index in [1.165, 1.54) is 0 Å². The van der Waals surface area contributed by atoms with Gasteiger partial charge in [0, 0.05) is 10.6 Å².